The normalized spacial score (nSPS) is 26.2. The maximum absolute atomic E-state index is 12.5. The van der Waals surface area contributed by atoms with Crippen LogP contribution >= 0.6 is 0 Å². The van der Waals surface area contributed by atoms with Crippen molar-refractivity contribution >= 4 is 11.8 Å². The van der Waals surface area contributed by atoms with Gasteiger partial charge in [0.05, 0.1) is 0 Å². The molecule has 26 heavy (non-hydrogen) atoms. The van der Waals surface area contributed by atoms with Crippen molar-refractivity contribution in [1.29, 1.82) is 0 Å². The summed E-state index contributed by atoms with van der Waals surface area (Å²) in [4.78, 5) is 29.4. The molecule has 1 aromatic rings. The molecule has 5 heteroatoms. The lowest BCUT2D eigenvalue weighted by Crippen LogP contribution is -3.28. The van der Waals surface area contributed by atoms with Crippen molar-refractivity contribution in [3.8, 4) is 0 Å². The number of rotatable bonds is 5. The Kier molecular flexibility index (Phi) is 5.78. The smallest absolute Gasteiger partial charge is 0.234 e. The van der Waals surface area contributed by atoms with Gasteiger partial charge in [0.2, 0.25) is 11.8 Å². The molecule has 2 fully saturated rings. The van der Waals surface area contributed by atoms with Crippen LogP contribution in [0, 0.1) is 12.3 Å². The molecule has 0 saturated carbocycles. The van der Waals surface area contributed by atoms with E-state index in [1.165, 1.54) is 20.9 Å². The second-order valence-electron chi connectivity index (χ2n) is 8.49. The fourth-order valence-corrected chi connectivity index (χ4v) is 4.14. The number of nitrogens with zero attached hydrogens (tertiary/aromatic N) is 1. The van der Waals surface area contributed by atoms with Crippen LogP contribution in [-0.2, 0) is 16.1 Å². The van der Waals surface area contributed by atoms with Gasteiger partial charge in [0.1, 0.15) is 32.7 Å². The van der Waals surface area contributed by atoms with Crippen molar-refractivity contribution in [2.45, 2.75) is 46.6 Å². The van der Waals surface area contributed by atoms with Gasteiger partial charge < -0.3 is 9.80 Å². The van der Waals surface area contributed by atoms with E-state index in [0.29, 0.717) is 19.5 Å². The number of likely N-dealkylation sites (tertiary alicyclic amines) is 1. The number of hydrogen-bond donors (Lipinski definition) is 2. The SMILES string of the molecule is CCC1(C)CC(=O)N(C[NH+]2CC[NH+](Cc3ccccc3C)CC2)C(=O)C1. The maximum Gasteiger partial charge on any atom is 0.234 e. The molecule has 2 aliphatic heterocycles. The fourth-order valence-electron chi connectivity index (χ4n) is 4.14. The van der Waals surface area contributed by atoms with Crippen LogP contribution in [0.15, 0.2) is 24.3 Å². The predicted octanol–water partition coefficient (Wildman–Crippen LogP) is -0.199. The zero-order chi connectivity index (χ0) is 18.7. The molecule has 2 amide bonds. The number of quaternary nitrogens is 2. The Balaban J connectivity index is 1.50. The van der Waals surface area contributed by atoms with Crippen molar-refractivity contribution in [1.82, 2.24) is 4.90 Å². The predicted molar refractivity (Wildman–Crippen MR) is 101 cm³/mol. The van der Waals surface area contributed by atoms with E-state index in [4.69, 9.17) is 0 Å². The maximum atomic E-state index is 12.5. The molecule has 0 aliphatic carbocycles. The minimum Gasteiger partial charge on any atom is -0.322 e. The summed E-state index contributed by atoms with van der Waals surface area (Å²) in [5.41, 5.74) is 2.64. The highest BCUT2D eigenvalue weighted by molar-refractivity contribution is 5.98. The molecule has 2 heterocycles. The number of piperidine rings is 1. The Morgan fingerprint density at radius 1 is 1.00 bits per heavy atom. The zero-order valence-corrected chi connectivity index (χ0v) is 16.4. The van der Waals surface area contributed by atoms with E-state index in [9.17, 15) is 9.59 Å². The van der Waals surface area contributed by atoms with E-state index >= 15 is 0 Å². The first-order valence-corrected chi connectivity index (χ1v) is 9.95. The summed E-state index contributed by atoms with van der Waals surface area (Å²) in [5, 5.41) is 0. The molecule has 3 rings (SSSR count). The van der Waals surface area contributed by atoms with Gasteiger partial charge in [0, 0.05) is 18.4 Å². The molecular formula is C21H33N3O2+2. The average Bonchev–Trinajstić information content (AvgIpc) is 2.61. The van der Waals surface area contributed by atoms with Crippen molar-refractivity contribution in [3.63, 3.8) is 0 Å². The topological polar surface area (TPSA) is 46.3 Å². The molecule has 1 aromatic carbocycles. The van der Waals surface area contributed by atoms with E-state index in [1.54, 1.807) is 4.90 Å². The van der Waals surface area contributed by atoms with Gasteiger partial charge in [-0.1, -0.05) is 38.1 Å². The largest absolute Gasteiger partial charge is 0.322 e. The van der Waals surface area contributed by atoms with Crippen molar-refractivity contribution < 1.29 is 19.4 Å². The monoisotopic (exact) mass is 359 g/mol. The van der Waals surface area contributed by atoms with E-state index in [2.05, 4.69) is 45.0 Å². The number of hydrogen-bond acceptors (Lipinski definition) is 2. The van der Waals surface area contributed by atoms with Crippen molar-refractivity contribution in [3.05, 3.63) is 35.4 Å². The van der Waals surface area contributed by atoms with Gasteiger partial charge in [-0.15, -0.1) is 0 Å². The van der Waals surface area contributed by atoms with Crippen LogP contribution in [0.3, 0.4) is 0 Å². The van der Waals surface area contributed by atoms with Gasteiger partial charge in [-0.05, 0) is 24.3 Å². The number of piperazine rings is 1. The number of carbonyl (C=O) groups is 2. The molecule has 0 atom stereocenters. The number of amides is 2. The Morgan fingerprint density at radius 2 is 1.58 bits per heavy atom. The van der Waals surface area contributed by atoms with Crippen LogP contribution in [0.5, 0.6) is 0 Å². The van der Waals surface area contributed by atoms with Gasteiger partial charge in [-0.25, -0.2) is 4.90 Å². The molecular weight excluding hydrogens is 326 g/mol. The third kappa shape index (κ3) is 4.33. The molecule has 0 unspecified atom stereocenters. The molecule has 5 nitrogen and oxygen atoms in total. The summed E-state index contributed by atoms with van der Waals surface area (Å²) in [6.45, 7) is 12.1. The third-order valence-corrected chi connectivity index (χ3v) is 6.36. The van der Waals surface area contributed by atoms with E-state index in [-0.39, 0.29) is 17.2 Å². The number of nitrogens with one attached hydrogen (secondary N) is 2. The lowest BCUT2D eigenvalue weighted by Gasteiger charge is -2.38. The van der Waals surface area contributed by atoms with Crippen LogP contribution < -0.4 is 9.80 Å². The lowest BCUT2D eigenvalue weighted by molar-refractivity contribution is -1.02. The Hall–Kier alpha value is -1.72. The molecule has 0 radical (unpaired) electrons. The molecule has 2 aliphatic rings. The minimum atomic E-state index is -0.142. The molecule has 2 N–H and O–H groups in total. The van der Waals surface area contributed by atoms with Gasteiger partial charge in [0.25, 0.3) is 0 Å². The summed E-state index contributed by atoms with van der Waals surface area (Å²) in [6.07, 6.45) is 1.90. The average molecular weight is 360 g/mol. The number of benzene rings is 1. The fraction of sp³-hybridized carbons (Fsp3) is 0.619. The van der Waals surface area contributed by atoms with E-state index in [0.717, 1.165) is 39.1 Å². The summed E-state index contributed by atoms with van der Waals surface area (Å²) < 4.78 is 0. The summed E-state index contributed by atoms with van der Waals surface area (Å²) >= 11 is 0. The number of imide groups is 1. The summed E-state index contributed by atoms with van der Waals surface area (Å²) in [5.74, 6) is 0.0422. The highest BCUT2D eigenvalue weighted by Crippen LogP contribution is 2.34. The molecule has 0 spiro atoms. The first-order chi connectivity index (χ1) is 12.4. The van der Waals surface area contributed by atoms with E-state index < -0.39 is 0 Å². The second-order valence-corrected chi connectivity index (χ2v) is 8.49. The molecule has 0 aromatic heterocycles. The highest BCUT2D eigenvalue weighted by Gasteiger charge is 2.41. The zero-order valence-electron chi connectivity index (χ0n) is 16.4. The highest BCUT2D eigenvalue weighted by atomic mass is 16.2. The summed E-state index contributed by atoms with van der Waals surface area (Å²) in [6, 6.07) is 8.60. The second kappa shape index (κ2) is 7.89. The first kappa shape index (κ1) is 19.1. The molecule has 142 valence electrons. The van der Waals surface area contributed by atoms with Gasteiger partial charge >= 0.3 is 0 Å². The molecule has 0 bridgehead atoms. The molecule has 2 saturated heterocycles. The summed E-state index contributed by atoms with van der Waals surface area (Å²) in [7, 11) is 0. The van der Waals surface area contributed by atoms with Crippen molar-refractivity contribution in [2.24, 2.45) is 5.41 Å². The van der Waals surface area contributed by atoms with E-state index in [1.807, 2.05) is 0 Å². The van der Waals surface area contributed by atoms with Gasteiger partial charge in [0.15, 0.2) is 6.67 Å². The van der Waals surface area contributed by atoms with Crippen LogP contribution in [-0.4, -0.2) is 49.6 Å². The lowest BCUT2D eigenvalue weighted by atomic mass is 9.77. The Bertz CT molecular complexity index is 647. The Morgan fingerprint density at radius 3 is 2.15 bits per heavy atom. The van der Waals surface area contributed by atoms with Crippen molar-refractivity contribution in [2.75, 3.05) is 32.8 Å². The van der Waals surface area contributed by atoms with Crippen LogP contribution in [0.2, 0.25) is 0 Å². The van der Waals surface area contributed by atoms with Crippen LogP contribution in [0.4, 0.5) is 0 Å². The van der Waals surface area contributed by atoms with Crippen LogP contribution in [0.25, 0.3) is 0 Å². The van der Waals surface area contributed by atoms with Gasteiger partial charge in [-0.2, -0.15) is 0 Å². The van der Waals surface area contributed by atoms with Crippen LogP contribution in [0.1, 0.15) is 44.2 Å². The van der Waals surface area contributed by atoms with Gasteiger partial charge in [-0.3, -0.25) is 9.59 Å². The Labute approximate surface area is 156 Å². The first-order valence-electron chi connectivity index (χ1n) is 9.95. The number of carbonyl (C=O) groups excluding carboxylic acids is 2. The standard InChI is InChI=1S/C21H31N3O2/c1-4-21(3)13-19(25)24(20(26)14-21)16-23-11-9-22(10-12-23)15-18-8-6-5-7-17(18)2/h5-8H,4,9-16H2,1-3H3/p+2. The third-order valence-electron chi connectivity index (χ3n) is 6.36. The minimum absolute atomic E-state index is 0.0211. The number of aryl methyl sites for hydroxylation is 1. The quantitative estimate of drug-likeness (QED) is 0.716.